The van der Waals surface area contributed by atoms with Gasteiger partial charge in [0.25, 0.3) is 20.2 Å². The van der Waals surface area contributed by atoms with Crippen LogP contribution in [0.15, 0.2) is 44.7 Å². The van der Waals surface area contributed by atoms with Gasteiger partial charge in [-0.25, -0.2) is 9.59 Å². The number of amides is 4. The Morgan fingerprint density at radius 3 is 1.37 bits per heavy atom. The van der Waals surface area contributed by atoms with Gasteiger partial charge in [-0.2, -0.15) is 16.8 Å². The van der Waals surface area contributed by atoms with Gasteiger partial charge in [-0.05, 0) is 23.3 Å². The fourth-order valence-electron chi connectivity index (χ4n) is 4.14. The molecular weight excluding hydrogens is 599 g/mol. The summed E-state index contributed by atoms with van der Waals surface area (Å²) in [6.07, 6.45) is 0.0636. The second-order valence-corrected chi connectivity index (χ2v) is 11.7. The van der Waals surface area contributed by atoms with E-state index >= 15 is 0 Å². The first kappa shape index (κ1) is 33.8. The number of carbonyl (C=O) groups excluding carboxylic acids is 2. The Labute approximate surface area is 257 Å². The van der Waals surface area contributed by atoms with Crippen LogP contribution < -0.4 is 50.8 Å². The number of azo groups is 2. The van der Waals surface area contributed by atoms with Gasteiger partial charge in [-0.1, -0.05) is 10.2 Å². The first-order valence-corrected chi connectivity index (χ1v) is 13.9. The molecule has 2 aliphatic rings. The van der Waals surface area contributed by atoms with E-state index in [2.05, 4.69) is 20.5 Å². The van der Waals surface area contributed by atoms with E-state index in [0.29, 0.717) is 22.5 Å². The second-order valence-electron chi connectivity index (χ2n) is 8.59. The molecule has 2 unspecified atom stereocenters. The molecule has 0 radical (unpaired) electrons. The summed E-state index contributed by atoms with van der Waals surface area (Å²) in [6.45, 7) is 0. The molecule has 21 heteroatoms. The number of hydrogen-bond acceptors (Lipinski definition) is 12. The fraction of sp³-hybridized carbons (Fsp3) is 0.300. The topological polar surface area (TPSA) is 291 Å². The predicted octanol–water partition coefficient (Wildman–Crippen LogP) is -1.36. The molecule has 0 aliphatic carbocycles. The van der Waals surface area contributed by atoms with Gasteiger partial charge < -0.3 is 32.9 Å². The van der Waals surface area contributed by atoms with Crippen LogP contribution in [-0.2, 0) is 33.1 Å². The Morgan fingerprint density at radius 2 is 1.10 bits per heavy atom. The maximum atomic E-state index is 11.2. The fourth-order valence-corrected chi connectivity index (χ4v) is 5.95. The summed E-state index contributed by atoms with van der Waals surface area (Å²) in [4.78, 5) is 23.7. The van der Waals surface area contributed by atoms with E-state index in [1.165, 1.54) is 48.2 Å². The van der Waals surface area contributed by atoms with Crippen LogP contribution in [0.4, 0.5) is 32.3 Å². The Bertz CT molecular complexity index is 1530. The number of urea groups is 2. The summed E-state index contributed by atoms with van der Waals surface area (Å²) in [5, 5.41) is 30.4. The minimum Gasteiger partial charge on any atom is -1.00 e. The SMILES string of the molecule is CN1c2cc(O)c(N=NC(N)=O)cc2CC1S(=O)(=O)O.CN1c2cc(O)c(N=NC(N)=O)cc2CC1S(=O)(=O)O.[H-].[Na+]. The molecule has 2 aromatic rings. The van der Waals surface area contributed by atoms with Crippen molar-refractivity contribution in [3.05, 3.63) is 35.4 Å². The minimum absolute atomic E-state index is 0. The molecule has 0 fully saturated rings. The number of anilines is 2. The third-order valence-electron chi connectivity index (χ3n) is 5.96. The molecule has 0 bridgehead atoms. The van der Waals surface area contributed by atoms with Crippen molar-refractivity contribution < 1.29 is 76.7 Å². The van der Waals surface area contributed by atoms with Crippen LogP contribution in [0.2, 0.25) is 0 Å². The molecule has 0 saturated heterocycles. The number of nitrogens with zero attached hydrogens (tertiary/aromatic N) is 6. The zero-order valence-electron chi connectivity index (χ0n) is 22.8. The summed E-state index contributed by atoms with van der Waals surface area (Å²) >= 11 is 0. The van der Waals surface area contributed by atoms with Crippen molar-refractivity contribution in [2.45, 2.75) is 23.6 Å². The van der Waals surface area contributed by atoms with Gasteiger partial charge in [0.1, 0.15) is 22.9 Å². The van der Waals surface area contributed by atoms with Crippen molar-refractivity contribution in [1.29, 1.82) is 0 Å². The van der Waals surface area contributed by atoms with Crippen molar-refractivity contribution in [2.24, 2.45) is 31.9 Å². The number of primary amides is 2. The van der Waals surface area contributed by atoms with Crippen LogP contribution in [-0.4, -0.2) is 73.1 Å². The molecule has 2 heterocycles. The Morgan fingerprint density at radius 1 is 0.780 bits per heavy atom. The number of carbonyl (C=O) groups is 2. The molecule has 2 aliphatic heterocycles. The molecule has 18 nitrogen and oxygen atoms in total. The summed E-state index contributed by atoms with van der Waals surface area (Å²) in [5.74, 6) is -0.562. The number of phenolic OH excluding ortho intramolecular Hbond substituents is 2. The van der Waals surface area contributed by atoms with Crippen LogP contribution in [0, 0.1) is 0 Å². The summed E-state index contributed by atoms with van der Waals surface area (Å²) in [5.41, 5.74) is 11.6. The third kappa shape index (κ3) is 7.87. The van der Waals surface area contributed by atoms with E-state index in [1.807, 2.05) is 0 Å². The van der Waals surface area contributed by atoms with E-state index in [-0.39, 0.29) is 66.7 Å². The normalized spacial score (nSPS) is 18.0. The summed E-state index contributed by atoms with van der Waals surface area (Å²) in [6, 6.07) is 3.32. The van der Waals surface area contributed by atoms with E-state index in [4.69, 9.17) is 20.6 Å². The number of fused-ring (bicyclic) bond motifs is 2. The average Bonchev–Trinajstić information content (AvgIpc) is 3.32. The van der Waals surface area contributed by atoms with Gasteiger partial charge in [-0.15, -0.1) is 10.2 Å². The number of rotatable bonds is 4. The maximum absolute atomic E-state index is 11.2. The third-order valence-corrected chi connectivity index (χ3v) is 8.31. The molecule has 2 atom stereocenters. The molecule has 218 valence electrons. The van der Waals surface area contributed by atoms with Crippen LogP contribution >= 0.6 is 0 Å². The van der Waals surface area contributed by atoms with E-state index < -0.39 is 43.0 Å². The average molecular weight is 625 g/mol. The van der Waals surface area contributed by atoms with E-state index in [0.717, 1.165) is 0 Å². The second kappa shape index (κ2) is 12.6. The predicted molar refractivity (Wildman–Crippen MR) is 140 cm³/mol. The first-order valence-electron chi connectivity index (χ1n) is 10.9. The standard InChI is InChI=1S/2C10H12N4O5S.Na.H/c2*1-14-7-4-8(15)6(12-13-10(11)16)2-5(7)3-9(14)20(17,18)19;;/h2*2,4,9,15H,3H2,1H3,(H2,11,16)(H,17,18,19);;/q;;+1;-1. The Balaban J connectivity index is 0.000000401. The van der Waals surface area contributed by atoms with Gasteiger partial charge in [0.2, 0.25) is 0 Å². The molecule has 8 N–H and O–H groups in total. The van der Waals surface area contributed by atoms with Crippen molar-refractivity contribution >= 4 is 55.0 Å². The quantitative estimate of drug-likeness (QED) is 0.131. The molecule has 2 aromatic carbocycles. The first-order chi connectivity index (χ1) is 18.4. The van der Waals surface area contributed by atoms with Gasteiger partial charge in [-0.3, -0.25) is 9.11 Å². The molecule has 41 heavy (non-hydrogen) atoms. The monoisotopic (exact) mass is 624 g/mol. The molecule has 4 amide bonds. The smallest absolute Gasteiger partial charge is 1.00 e. The van der Waals surface area contributed by atoms with E-state index in [9.17, 15) is 36.6 Å². The number of aromatic hydroxyl groups is 2. The summed E-state index contributed by atoms with van der Waals surface area (Å²) in [7, 11) is -5.55. The Hall–Kier alpha value is -3.40. The zero-order chi connectivity index (χ0) is 30.2. The molecule has 0 aromatic heterocycles. The van der Waals surface area contributed by atoms with Gasteiger partial charge in [0.05, 0.1) is 0 Å². The minimum atomic E-state index is -4.25. The maximum Gasteiger partial charge on any atom is 1.00 e. The van der Waals surface area contributed by atoms with Gasteiger partial charge >= 0.3 is 41.6 Å². The van der Waals surface area contributed by atoms with Crippen LogP contribution in [0.5, 0.6) is 11.5 Å². The van der Waals surface area contributed by atoms with Crippen molar-refractivity contribution in [1.82, 2.24) is 0 Å². The van der Waals surface area contributed by atoms with Crippen LogP contribution in [0.3, 0.4) is 0 Å². The number of nitrogens with two attached hydrogens (primary N) is 2. The molecule has 0 spiro atoms. The summed E-state index contributed by atoms with van der Waals surface area (Å²) < 4.78 is 63.3. The molecule has 4 rings (SSSR count). The van der Waals surface area contributed by atoms with E-state index in [1.54, 1.807) is 0 Å². The molecular formula is C20H25N8NaO10S2. The number of phenols is 2. The zero-order valence-corrected chi connectivity index (χ0v) is 25.4. The number of hydrogen-bond donors (Lipinski definition) is 6. The van der Waals surface area contributed by atoms with Crippen molar-refractivity contribution in [3.8, 4) is 11.5 Å². The van der Waals surface area contributed by atoms with Gasteiger partial charge in [0, 0.05) is 50.4 Å². The van der Waals surface area contributed by atoms with Crippen molar-refractivity contribution in [2.75, 3.05) is 23.9 Å². The van der Waals surface area contributed by atoms with Crippen LogP contribution in [0.1, 0.15) is 12.6 Å². The largest absolute Gasteiger partial charge is 1.00 e. The van der Waals surface area contributed by atoms with Crippen molar-refractivity contribution in [3.63, 3.8) is 0 Å². The number of benzene rings is 2. The van der Waals surface area contributed by atoms with Gasteiger partial charge in [0.15, 0.2) is 10.7 Å². The molecule has 0 saturated carbocycles. The Kier molecular flexibility index (Phi) is 10.4. The number of likely N-dealkylation sites (N-methyl/N-ethyl adjacent to an activating group) is 2. The van der Waals surface area contributed by atoms with Crippen LogP contribution in [0.25, 0.3) is 0 Å².